The quantitative estimate of drug-likeness (QED) is 0.752. The van der Waals surface area contributed by atoms with Crippen molar-refractivity contribution in [3.63, 3.8) is 0 Å². The van der Waals surface area contributed by atoms with Gasteiger partial charge in [0.2, 0.25) is 0 Å². The Hall–Kier alpha value is -1.39. The predicted molar refractivity (Wildman–Crippen MR) is 56.5 cm³/mol. The summed E-state index contributed by atoms with van der Waals surface area (Å²) in [4.78, 5) is 10.6. The molecule has 15 heavy (non-hydrogen) atoms. The van der Waals surface area contributed by atoms with E-state index in [9.17, 15) is 4.79 Å². The lowest BCUT2D eigenvalue weighted by Gasteiger charge is -2.07. The van der Waals surface area contributed by atoms with Gasteiger partial charge >= 0.3 is 5.97 Å². The summed E-state index contributed by atoms with van der Waals surface area (Å²) in [6, 6.07) is 6.73. The zero-order valence-corrected chi connectivity index (χ0v) is 8.64. The van der Waals surface area contributed by atoms with Crippen LogP contribution in [-0.4, -0.2) is 24.2 Å². The van der Waals surface area contributed by atoms with Crippen LogP contribution in [0.15, 0.2) is 24.3 Å². The number of rotatable bonds is 5. The Morgan fingerprint density at radius 3 is 2.80 bits per heavy atom. The summed E-state index contributed by atoms with van der Waals surface area (Å²) >= 11 is 0. The van der Waals surface area contributed by atoms with Crippen molar-refractivity contribution < 1.29 is 14.6 Å². The second kappa shape index (κ2) is 5.48. The Balaban J connectivity index is 2.68. The molecule has 0 radical (unpaired) electrons. The number of ether oxygens (including phenoxy) is 1. The first-order valence-electron chi connectivity index (χ1n) is 4.68. The van der Waals surface area contributed by atoms with Crippen LogP contribution in [0.1, 0.15) is 11.1 Å². The first-order valence-corrected chi connectivity index (χ1v) is 4.68. The summed E-state index contributed by atoms with van der Waals surface area (Å²) in [5.74, 6) is -0.979. The number of methoxy groups -OCH3 is 1. The molecule has 0 aromatic heterocycles. The van der Waals surface area contributed by atoms with E-state index >= 15 is 0 Å². The molecule has 82 valence electrons. The summed E-state index contributed by atoms with van der Waals surface area (Å²) in [7, 11) is 1.62. The van der Waals surface area contributed by atoms with Crippen molar-refractivity contribution in [1.29, 1.82) is 0 Å². The number of nitrogens with two attached hydrogens (primary N) is 1. The monoisotopic (exact) mass is 209 g/mol. The van der Waals surface area contributed by atoms with Crippen molar-refractivity contribution in [3.05, 3.63) is 35.4 Å². The van der Waals surface area contributed by atoms with Crippen LogP contribution in [0.3, 0.4) is 0 Å². The van der Waals surface area contributed by atoms with Crippen LogP contribution in [0.4, 0.5) is 0 Å². The van der Waals surface area contributed by atoms with E-state index in [1.165, 1.54) is 0 Å². The van der Waals surface area contributed by atoms with Gasteiger partial charge in [-0.25, -0.2) is 0 Å². The molecule has 4 heteroatoms. The highest BCUT2D eigenvalue weighted by atomic mass is 16.5. The zero-order valence-electron chi connectivity index (χ0n) is 8.64. The molecule has 1 rings (SSSR count). The second-order valence-corrected chi connectivity index (χ2v) is 3.40. The van der Waals surface area contributed by atoms with E-state index in [0.29, 0.717) is 13.0 Å². The van der Waals surface area contributed by atoms with Crippen LogP contribution in [0.5, 0.6) is 0 Å². The summed E-state index contributed by atoms with van der Waals surface area (Å²) in [5, 5.41) is 8.67. The number of carboxylic acid groups (broad SMARTS) is 1. The third kappa shape index (κ3) is 3.69. The molecule has 0 fully saturated rings. The lowest BCUT2D eigenvalue weighted by Crippen LogP contribution is -2.32. The van der Waals surface area contributed by atoms with Crippen molar-refractivity contribution in [2.24, 2.45) is 5.73 Å². The molecule has 3 N–H and O–H groups in total. The third-order valence-corrected chi connectivity index (χ3v) is 2.08. The largest absolute Gasteiger partial charge is 0.480 e. The maximum Gasteiger partial charge on any atom is 0.320 e. The van der Waals surface area contributed by atoms with Crippen LogP contribution < -0.4 is 5.73 Å². The average Bonchev–Trinajstić information content (AvgIpc) is 2.18. The fourth-order valence-corrected chi connectivity index (χ4v) is 1.35. The fourth-order valence-electron chi connectivity index (χ4n) is 1.35. The molecule has 1 atom stereocenters. The lowest BCUT2D eigenvalue weighted by atomic mass is 10.0. The van der Waals surface area contributed by atoms with Crippen molar-refractivity contribution in [1.82, 2.24) is 0 Å². The Kier molecular flexibility index (Phi) is 4.27. The summed E-state index contributed by atoms with van der Waals surface area (Å²) in [6.07, 6.45) is 0.340. The Labute approximate surface area is 88.7 Å². The molecule has 0 aliphatic heterocycles. The molecule has 0 aliphatic rings. The average molecular weight is 209 g/mol. The van der Waals surface area contributed by atoms with Gasteiger partial charge in [-0.2, -0.15) is 0 Å². The first kappa shape index (κ1) is 11.7. The van der Waals surface area contributed by atoms with Crippen LogP contribution in [0, 0.1) is 0 Å². The van der Waals surface area contributed by atoms with Gasteiger partial charge in [0.1, 0.15) is 6.04 Å². The molecule has 1 aromatic carbocycles. The number of benzene rings is 1. The standard InChI is InChI=1S/C11H15NO3/c1-15-7-9-4-2-3-8(5-9)6-10(12)11(13)14/h2-5,10H,6-7,12H2,1H3,(H,13,14)/t10-/m1/s1. The molecular weight excluding hydrogens is 194 g/mol. The van der Waals surface area contributed by atoms with Gasteiger partial charge in [0.25, 0.3) is 0 Å². The highest BCUT2D eigenvalue weighted by Gasteiger charge is 2.11. The van der Waals surface area contributed by atoms with Gasteiger partial charge in [0, 0.05) is 7.11 Å². The van der Waals surface area contributed by atoms with Crippen LogP contribution in [0.25, 0.3) is 0 Å². The first-order chi connectivity index (χ1) is 7.13. The van der Waals surface area contributed by atoms with E-state index in [0.717, 1.165) is 11.1 Å². The van der Waals surface area contributed by atoms with Gasteiger partial charge in [-0.1, -0.05) is 24.3 Å². The Bertz CT molecular complexity index is 338. The van der Waals surface area contributed by atoms with E-state index in [1.807, 2.05) is 24.3 Å². The molecule has 0 saturated heterocycles. The molecule has 0 bridgehead atoms. The second-order valence-electron chi connectivity index (χ2n) is 3.40. The molecule has 1 aromatic rings. The molecule has 0 aliphatic carbocycles. The maximum atomic E-state index is 10.6. The zero-order chi connectivity index (χ0) is 11.3. The van der Waals surface area contributed by atoms with E-state index in [-0.39, 0.29) is 0 Å². The predicted octanol–water partition coefficient (Wildman–Crippen LogP) is 0.787. The minimum absolute atomic E-state index is 0.340. The summed E-state index contributed by atoms with van der Waals surface area (Å²) in [5.41, 5.74) is 7.38. The van der Waals surface area contributed by atoms with Gasteiger partial charge in [-0.05, 0) is 17.5 Å². The lowest BCUT2D eigenvalue weighted by molar-refractivity contribution is -0.138. The van der Waals surface area contributed by atoms with E-state index in [2.05, 4.69) is 0 Å². The number of hydrogen-bond donors (Lipinski definition) is 2. The molecule has 0 saturated carbocycles. The number of aliphatic carboxylic acids is 1. The van der Waals surface area contributed by atoms with Gasteiger partial charge in [-0.15, -0.1) is 0 Å². The van der Waals surface area contributed by atoms with Crippen LogP contribution in [0.2, 0.25) is 0 Å². The summed E-state index contributed by atoms with van der Waals surface area (Å²) < 4.78 is 4.99. The van der Waals surface area contributed by atoms with E-state index < -0.39 is 12.0 Å². The number of carboxylic acids is 1. The minimum atomic E-state index is -0.979. The van der Waals surface area contributed by atoms with Gasteiger partial charge < -0.3 is 15.6 Å². The molecule has 0 amide bonds. The Morgan fingerprint density at radius 2 is 2.20 bits per heavy atom. The summed E-state index contributed by atoms with van der Waals surface area (Å²) in [6.45, 7) is 0.524. The highest BCUT2D eigenvalue weighted by molar-refractivity contribution is 5.73. The van der Waals surface area contributed by atoms with E-state index in [4.69, 9.17) is 15.6 Å². The highest BCUT2D eigenvalue weighted by Crippen LogP contribution is 2.08. The van der Waals surface area contributed by atoms with Gasteiger partial charge in [0.05, 0.1) is 6.61 Å². The molecule has 4 nitrogen and oxygen atoms in total. The fraction of sp³-hybridized carbons (Fsp3) is 0.364. The SMILES string of the molecule is COCc1cccc(C[C@@H](N)C(=O)O)c1. The third-order valence-electron chi connectivity index (χ3n) is 2.08. The van der Waals surface area contributed by atoms with Crippen LogP contribution >= 0.6 is 0 Å². The van der Waals surface area contributed by atoms with Crippen LogP contribution in [-0.2, 0) is 22.6 Å². The minimum Gasteiger partial charge on any atom is -0.480 e. The molecular formula is C11H15NO3. The normalized spacial score (nSPS) is 12.4. The van der Waals surface area contributed by atoms with Gasteiger partial charge in [-0.3, -0.25) is 4.79 Å². The van der Waals surface area contributed by atoms with Gasteiger partial charge in [0.15, 0.2) is 0 Å². The molecule has 0 heterocycles. The smallest absolute Gasteiger partial charge is 0.320 e. The van der Waals surface area contributed by atoms with Crippen molar-refractivity contribution in [3.8, 4) is 0 Å². The van der Waals surface area contributed by atoms with Crippen molar-refractivity contribution in [2.75, 3.05) is 7.11 Å². The molecule has 0 spiro atoms. The van der Waals surface area contributed by atoms with Crippen molar-refractivity contribution >= 4 is 5.97 Å². The molecule has 0 unspecified atom stereocenters. The van der Waals surface area contributed by atoms with Crippen molar-refractivity contribution in [2.45, 2.75) is 19.1 Å². The number of hydrogen-bond acceptors (Lipinski definition) is 3. The Morgan fingerprint density at radius 1 is 1.53 bits per heavy atom. The topological polar surface area (TPSA) is 72.5 Å². The maximum absolute atomic E-state index is 10.6. The number of carbonyl (C=O) groups is 1. The van der Waals surface area contributed by atoms with E-state index in [1.54, 1.807) is 7.11 Å².